The number of amides is 1. The number of hydrogen-bond donors (Lipinski definition) is 0. The summed E-state index contributed by atoms with van der Waals surface area (Å²) in [5.74, 6) is 2.07. The van der Waals surface area contributed by atoms with Gasteiger partial charge in [0.2, 0.25) is 11.8 Å². The van der Waals surface area contributed by atoms with Crippen molar-refractivity contribution in [2.24, 2.45) is 0 Å². The summed E-state index contributed by atoms with van der Waals surface area (Å²) in [6.07, 6.45) is 9.57. The third-order valence-electron chi connectivity index (χ3n) is 5.90. The Morgan fingerprint density at radius 2 is 1.87 bits per heavy atom. The first-order valence-corrected chi connectivity index (χ1v) is 11.5. The minimum atomic E-state index is 0.182. The Morgan fingerprint density at radius 1 is 1.00 bits per heavy atom. The molecule has 1 amide bonds. The van der Waals surface area contributed by atoms with E-state index in [0.29, 0.717) is 31.2 Å². The predicted octanol–water partition coefficient (Wildman–Crippen LogP) is 5.11. The second-order valence-electron chi connectivity index (χ2n) is 8.27. The van der Waals surface area contributed by atoms with Gasteiger partial charge in [0.25, 0.3) is 0 Å². The number of carbonyl (C=O) groups is 1. The monoisotopic (exact) mass is 424 g/mol. The molecule has 0 N–H and O–H groups in total. The van der Waals surface area contributed by atoms with Crippen molar-refractivity contribution in [2.45, 2.75) is 64.0 Å². The number of para-hydroxylation sites is 2. The minimum Gasteiger partial charge on any atom is -0.490 e. The summed E-state index contributed by atoms with van der Waals surface area (Å²) in [4.78, 5) is 19.5. The molecule has 6 heteroatoms. The van der Waals surface area contributed by atoms with Gasteiger partial charge in [-0.1, -0.05) is 31.0 Å². The van der Waals surface area contributed by atoms with Crippen molar-refractivity contribution in [3.8, 4) is 17.4 Å². The summed E-state index contributed by atoms with van der Waals surface area (Å²) < 4.78 is 17.8. The van der Waals surface area contributed by atoms with Gasteiger partial charge in [-0.05, 0) is 50.3 Å². The number of hydrogen-bond acceptors (Lipinski definition) is 5. The Labute approximate surface area is 184 Å². The number of nitrogens with zero attached hydrogens (tertiary/aromatic N) is 2. The van der Waals surface area contributed by atoms with Gasteiger partial charge >= 0.3 is 0 Å². The van der Waals surface area contributed by atoms with E-state index < -0.39 is 0 Å². The van der Waals surface area contributed by atoms with E-state index in [0.717, 1.165) is 69.4 Å². The molecule has 1 aromatic carbocycles. The molecule has 2 aromatic rings. The number of carbonyl (C=O) groups excluding carboxylic acids is 1. The first kappa shape index (κ1) is 21.6. The quantitative estimate of drug-likeness (QED) is 0.685. The molecule has 6 nitrogen and oxygen atoms in total. The fraction of sp³-hybridized carbons (Fsp3) is 0.520. The number of aromatic nitrogens is 1. The van der Waals surface area contributed by atoms with Gasteiger partial charge in [0.15, 0.2) is 11.5 Å². The second kappa shape index (κ2) is 11.1. The molecule has 2 aliphatic heterocycles. The number of fused-ring (bicyclic) bond motifs is 2. The molecule has 2 aliphatic rings. The van der Waals surface area contributed by atoms with Crippen LogP contribution in [0.2, 0.25) is 0 Å². The lowest BCUT2D eigenvalue weighted by atomic mass is 10.1. The Morgan fingerprint density at radius 3 is 2.74 bits per heavy atom. The lowest BCUT2D eigenvalue weighted by Gasteiger charge is -2.25. The van der Waals surface area contributed by atoms with Crippen molar-refractivity contribution in [3.05, 3.63) is 48.2 Å². The van der Waals surface area contributed by atoms with Gasteiger partial charge in [0.1, 0.15) is 0 Å². The Balaban J connectivity index is 1.52. The van der Waals surface area contributed by atoms with Crippen molar-refractivity contribution in [1.29, 1.82) is 0 Å². The summed E-state index contributed by atoms with van der Waals surface area (Å²) in [7, 11) is 0. The Bertz CT molecular complexity index is 851. The average Bonchev–Trinajstić information content (AvgIpc) is 3.31. The van der Waals surface area contributed by atoms with Crippen molar-refractivity contribution in [2.75, 3.05) is 19.8 Å². The van der Waals surface area contributed by atoms with E-state index in [1.165, 1.54) is 0 Å². The molecule has 1 aromatic heterocycles. The Kier molecular flexibility index (Phi) is 7.77. The van der Waals surface area contributed by atoms with Gasteiger partial charge in [-0.3, -0.25) is 4.79 Å². The van der Waals surface area contributed by atoms with Crippen LogP contribution in [-0.2, 0) is 16.1 Å². The van der Waals surface area contributed by atoms with Crippen LogP contribution in [0, 0.1) is 0 Å². The van der Waals surface area contributed by atoms with Gasteiger partial charge in [0.05, 0.1) is 19.3 Å². The summed E-state index contributed by atoms with van der Waals surface area (Å²) in [5, 5.41) is 0. The molecule has 1 saturated heterocycles. The summed E-state index contributed by atoms with van der Waals surface area (Å²) >= 11 is 0. The zero-order valence-corrected chi connectivity index (χ0v) is 18.1. The predicted molar refractivity (Wildman–Crippen MR) is 118 cm³/mol. The van der Waals surface area contributed by atoms with Crippen molar-refractivity contribution in [3.63, 3.8) is 0 Å². The van der Waals surface area contributed by atoms with Crippen LogP contribution in [0.4, 0.5) is 0 Å². The van der Waals surface area contributed by atoms with Crippen molar-refractivity contribution >= 4 is 5.91 Å². The maximum atomic E-state index is 13.1. The van der Waals surface area contributed by atoms with E-state index in [9.17, 15) is 4.79 Å². The molecule has 0 bridgehead atoms. The molecule has 166 valence electrons. The van der Waals surface area contributed by atoms with Gasteiger partial charge in [-0.15, -0.1) is 0 Å². The average molecular weight is 425 g/mol. The largest absolute Gasteiger partial charge is 0.490 e. The van der Waals surface area contributed by atoms with Crippen LogP contribution in [0.5, 0.6) is 17.4 Å². The molecule has 31 heavy (non-hydrogen) atoms. The number of benzene rings is 1. The molecule has 0 spiro atoms. The van der Waals surface area contributed by atoms with Crippen LogP contribution >= 0.6 is 0 Å². The topological polar surface area (TPSA) is 60.9 Å². The van der Waals surface area contributed by atoms with E-state index in [1.807, 2.05) is 41.3 Å². The number of ether oxygens (including phenoxy) is 3. The van der Waals surface area contributed by atoms with Crippen LogP contribution < -0.4 is 9.47 Å². The SMILES string of the molecule is O=C(CCC1CCCO1)N1CCCCCCOc2ccccc2Oc2ncccc2C1. The highest BCUT2D eigenvalue weighted by molar-refractivity contribution is 5.76. The molecular weight excluding hydrogens is 392 g/mol. The van der Waals surface area contributed by atoms with Gasteiger partial charge in [-0.2, -0.15) is 0 Å². The smallest absolute Gasteiger partial charge is 0.224 e. The molecule has 0 aliphatic carbocycles. The second-order valence-corrected chi connectivity index (χ2v) is 8.27. The molecule has 4 rings (SSSR count). The minimum absolute atomic E-state index is 0.182. The molecule has 1 atom stereocenters. The lowest BCUT2D eigenvalue weighted by molar-refractivity contribution is -0.132. The third-order valence-corrected chi connectivity index (χ3v) is 5.90. The normalized spacial score (nSPS) is 20.0. The maximum absolute atomic E-state index is 13.1. The number of rotatable bonds is 3. The summed E-state index contributed by atoms with van der Waals surface area (Å²) in [6, 6.07) is 11.6. The highest BCUT2D eigenvalue weighted by atomic mass is 16.5. The van der Waals surface area contributed by atoms with Crippen LogP contribution in [0.1, 0.15) is 56.9 Å². The van der Waals surface area contributed by atoms with Crippen LogP contribution in [0.15, 0.2) is 42.6 Å². The van der Waals surface area contributed by atoms with Gasteiger partial charge < -0.3 is 19.1 Å². The third kappa shape index (κ3) is 6.20. The van der Waals surface area contributed by atoms with Crippen LogP contribution in [-0.4, -0.2) is 41.7 Å². The first-order chi connectivity index (χ1) is 15.3. The van der Waals surface area contributed by atoms with Crippen molar-refractivity contribution in [1.82, 2.24) is 9.88 Å². The van der Waals surface area contributed by atoms with Crippen LogP contribution in [0.25, 0.3) is 0 Å². The highest BCUT2D eigenvalue weighted by Crippen LogP contribution is 2.32. The fourth-order valence-electron chi connectivity index (χ4n) is 4.15. The van der Waals surface area contributed by atoms with Gasteiger partial charge in [0, 0.05) is 31.3 Å². The highest BCUT2D eigenvalue weighted by Gasteiger charge is 2.21. The lowest BCUT2D eigenvalue weighted by Crippen LogP contribution is -2.32. The van der Waals surface area contributed by atoms with Crippen LogP contribution in [0.3, 0.4) is 0 Å². The molecular formula is C25H32N2O4. The molecule has 1 fully saturated rings. The molecule has 0 saturated carbocycles. The zero-order valence-electron chi connectivity index (χ0n) is 18.1. The zero-order chi connectivity index (χ0) is 21.3. The van der Waals surface area contributed by atoms with E-state index in [-0.39, 0.29) is 12.0 Å². The standard InChI is InChI=1S/C25H32N2O4/c28-24(14-13-21-10-8-18-29-21)27-16-5-1-2-6-17-30-22-11-3-4-12-23(22)31-25-20(19-27)9-7-15-26-25/h3-4,7,9,11-12,15,21H,1-2,5-6,8,10,13-14,16-19H2. The fourth-order valence-corrected chi connectivity index (χ4v) is 4.15. The molecule has 1 unspecified atom stereocenters. The summed E-state index contributed by atoms with van der Waals surface area (Å²) in [5.41, 5.74) is 0.903. The Hall–Kier alpha value is -2.60. The van der Waals surface area contributed by atoms with Gasteiger partial charge in [-0.25, -0.2) is 4.98 Å². The van der Waals surface area contributed by atoms with E-state index in [1.54, 1.807) is 6.20 Å². The molecule has 3 heterocycles. The molecule has 0 radical (unpaired) electrons. The van der Waals surface area contributed by atoms with Crippen molar-refractivity contribution < 1.29 is 19.0 Å². The first-order valence-electron chi connectivity index (χ1n) is 11.5. The summed E-state index contributed by atoms with van der Waals surface area (Å²) in [6.45, 7) is 2.72. The number of pyridine rings is 1. The maximum Gasteiger partial charge on any atom is 0.224 e. The van der Waals surface area contributed by atoms with E-state index in [2.05, 4.69) is 4.98 Å². The van der Waals surface area contributed by atoms with E-state index in [4.69, 9.17) is 14.2 Å². The van der Waals surface area contributed by atoms with E-state index >= 15 is 0 Å².